The monoisotopic (exact) mass is 503 g/mol. The zero-order valence-corrected chi connectivity index (χ0v) is 21.3. The lowest BCUT2D eigenvalue weighted by Gasteiger charge is -2.13. The second-order valence-corrected chi connectivity index (χ2v) is 11.4. The highest BCUT2D eigenvalue weighted by Gasteiger charge is 2.25. The first-order chi connectivity index (χ1) is 17.2. The maximum absolute atomic E-state index is 13.1. The lowest BCUT2D eigenvalue weighted by atomic mass is 9.97. The summed E-state index contributed by atoms with van der Waals surface area (Å²) in [5, 5.41) is 4.50. The Bertz CT molecular complexity index is 1490. The van der Waals surface area contributed by atoms with Crippen LogP contribution < -0.4 is 5.32 Å². The second kappa shape index (κ2) is 9.60. The van der Waals surface area contributed by atoms with E-state index in [-0.39, 0.29) is 1.43 Å². The van der Waals surface area contributed by atoms with Crippen LogP contribution in [0.1, 0.15) is 54.5 Å². The molecule has 0 aliphatic carbocycles. The van der Waals surface area contributed by atoms with Gasteiger partial charge in [0.2, 0.25) is 0 Å². The number of nitrogens with one attached hydrogen (secondary N) is 1. The molecule has 0 unspecified atom stereocenters. The van der Waals surface area contributed by atoms with E-state index in [1.807, 2.05) is 42.9 Å². The highest BCUT2D eigenvalue weighted by Crippen LogP contribution is 2.42. The summed E-state index contributed by atoms with van der Waals surface area (Å²) in [6.07, 6.45) is 11.6. The van der Waals surface area contributed by atoms with Crippen molar-refractivity contribution in [3.05, 3.63) is 70.1 Å². The van der Waals surface area contributed by atoms with Crippen LogP contribution in [0, 0.1) is 0 Å². The van der Waals surface area contributed by atoms with Crippen molar-refractivity contribution in [2.24, 2.45) is 0 Å². The molecule has 1 N–H and O–H groups in total. The number of hydrogen-bond donors (Lipinski definition) is 1. The van der Waals surface area contributed by atoms with Crippen LogP contribution in [0.4, 0.5) is 0 Å². The third-order valence-corrected chi connectivity index (χ3v) is 9.09. The van der Waals surface area contributed by atoms with Crippen molar-refractivity contribution in [2.75, 3.05) is 6.54 Å². The van der Waals surface area contributed by atoms with Gasteiger partial charge in [0.25, 0.3) is 0 Å². The number of rotatable bonds is 8. The molecule has 35 heavy (non-hydrogen) atoms. The van der Waals surface area contributed by atoms with Crippen LogP contribution in [0.15, 0.2) is 49.1 Å². The van der Waals surface area contributed by atoms with E-state index in [0.717, 1.165) is 53.2 Å². The zero-order chi connectivity index (χ0) is 23.8. The van der Waals surface area contributed by atoms with Crippen molar-refractivity contribution < 1.29 is 6.22 Å². The number of fused-ring (bicyclic) bond motifs is 3. The van der Waals surface area contributed by atoms with E-state index in [1.54, 1.807) is 22.7 Å². The molecule has 0 saturated heterocycles. The molecule has 5 aromatic heterocycles. The third-order valence-electron chi connectivity index (χ3n) is 6.81. The van der Waals surface area contributed by atoms with E-state index in [2.05, 4.69) is 32.8 Å². The maximum Gasteiger partial charge on any atom is 0.138 e. The molecule has 1 aliphatic rings. The number of thiazole rings is 1. The van der Waals surface area contributed by atoms with Gasteiger partial charge in [0.05, 0.1) is 10.9 Å². The number of pyridine rings is 2. The Balaban J connectivity index is 0.00000267. The molecule has 0 radical (unpaired) electrons. The summed E-state index contributed by atoms with van der Waals surface area (Å²) in [4.78, 5) is 29.3. The predicted octanol–water partition coefficient (Wildman–Crippen LogP) is 6.04. The molecule has 8 heteroatoms. The Morgan fingerprint density at radius 3 is 3.11 bits per heavy atom. The molecule has 0 spiro atoms. The lowest BCUT2D eigenvalue weighted by Crippen LogP contribution is -2.22. The quantitative estimate of drug-likeness (QED) is 0.279. The number of carbonyl (C=O) groups is 1. The Morgan fingerprint density at radius 1 is 1.26 bits per heavy atom. The maximum atomic E-state index is 13.1. The van der Waals surface area contributed by atoms with Gasteiger partial charge in [-0.15, -0.1) is 22.7 Å². The number of ketones is 1. The third kappa shape index (κ3) is 4.42. The van der Waals surface area contributed by atoms with Gasteiger partial charge in [0.1, 0.15) is 22.0 Å². The lowest BCUT2D eigenvalue weighted by molar-refractivity contribution is -0.118. The average Bonchev–Trinajstić information content (AvgIpc) is 3.58. The molecule has 6 rings (SSSR count). The molecule has 0 bridgehead atoms. The standard InChI is InChI=1S/C27H27N5OS2.H2/c1-17(21-15-30-25-7-2-3-12-32(21)25)5-4-6-18(33)13-23-26(19-8-10-29-16-24(19)34-23)27-31-20-14-28-11-9-22(20)35-27;/h2-3,7,9,11-12,14-15,17,29H,4-6,8,10,13,16H2,1H3;1H/t17-;/m0./s1. The number of carbonyl (C=O) groups excluding carboxylic acids is 1. The van der Waals surface area contributed by atoms with Crippen molar-refractivity contribution in [3.63, 3.8) is 0 Å². The molecular weight excluding hydrogens is 474 g/mol. The van der Waals surface area contributed by atoms with Crippen molar-refractivity contribution in [1.29, 1.82) is 0 Å². The summed E-state index contributed by atoms with van der Waals surface area (Å²) in [6, 6.07) is 8.08. The van der Waals surface area contributed by atoms with Gasteiger partial charge in [0, 0.05) is 60.4 Å². The highest BCUT2D eigenvalue weighted by atomic mass is 32.1. The topological polar surface area (TPSA) is 72.2 Å². The molecule has 1 atom stereocenters. The fraction of sp³-hybridized carbons (Fsp3) is 0.333. The van der Waals surface area contributed by atoms with Gasteiger partial charge in [-0.3, -0.25) is 9.78 Å². The molecule has 0 saturated carbocycles. The Hall–Kier alpha value is -2.94. The van der Waals surface area contributed by atoms with E-state index in [1.165, 1.54) is 26.6 Å². The molecule has 0 amide bonds. The normalized spacial score (nSPS) is 14.4. The molecule has 180 valence electrons. The molecule has 0 aromatic carbocycles. The smallest absolute Gasteiger partial charge is 0.138 e. The van der Waals surface area contributed by atoms with Crippen LogP contribution in [0.25, 0.3) is 26.4 Å². The summed E-state index contributed by atoms with van der Waals surface area (Å²) >= 11 is 3.50. The molecule has 1 aliphatic heterocycles. The van der Waals surface area contributed by atoms with Gasteiger partial charge in [0.15, 0.2) is 0 Å². The first kappa shape index (κ1) is 22.5. The summed E-state index contributed by atoms with van der Waals surface area (Å²) < 4.78 is 3.29. The van der Waals surface area contributed by atoms with E-state index < -0.39 is 0 Å². The Labute approximate surface area is 213 Å². The van der Waals surface area contributed by atoms with Crippen LogP contribution in [-0.2, 0) is 24.2 Å². The summed E-state index contributed by atoms with van der Waals surface area (Å²) in [5.41, 5.74) is 5.70. The van der Waals surface area contributed by atoms with E-state index in [0.29, 0.717) is 24.5 Å². The van der Waals surface area contributed by atoms with Gasteiger partial charge in [-0.05, 0) is 55.5 Å². The highest BCUT2D eigenvalue weighted by molar-refractivity contribution is 7.22. The van der Waals surface area contributed by atoms with Crippen molar-refractivity contribution in [2.45, 2.75) is 51.5 Å². The largest absolute Gasteiger partial charge is 0.312 e. The zero-order valence-electron chi connectivity index (χ0n) is 19.7. The number of thiophene rings is 1. The van der Waals surface area contributed by atoms with Gasteiger partial charge in [-0.25, -0.2) is 9.97 Å². The van der Waals surface area contributed by atoms with Crippen LogP contribution in [-0.4, -0.2) is 31.7 Å². The molecule has 0 fully saturated rings. The van der Waals surface area contributed by atoms with Gasteiger partial charge >= 0.3 is 0 Å². The average molecular weight is 504 g/mol. The predicted molar refractivity (Wildman–Crippen MR) is 144 cm³/mol. The number of hydrogen-bond acceptors (Lipinski definition) is 7. The minimum atomic E-state index is 0. The molecule has 5 aromatic rings. The van der Waals surface area contributed by atoms with Gasteiger partial charge in [-0.2, -0.15) is 0 Å². The fourth-order valence-corrected chi connectivity index (χ4v) is 7.44. The van der Waals surface area contributed by atoms with Crippen molar-refractivity contribution in [1.82, 2.24) is 24.7 Å². The van der Waals surface area contributed by atoms with Crippen molar-refractivity contribution in [3.8, 4) is 10.6 Å². The Morgan fingerprint density at radius 2 is 2.20 bits per heavy atom. The number of nitrogens with zero attached hydrogens (tertiary/aromatic N) is 4. The first-order valence-corrected chi connectivity index (χ1v) is 13.8. The molecule has 6 heterocycles. The second-order valence-electron chi connectivity index (χ2n) is 9.21. The Kier molecular flexibility index (Phi) is 6.18. The molecular formula is C27H29N5OS2. The summed E-state index contributed by atoms with van der Waals surface area (Å²) in [5.74, 6) is 0.665. The van der Waals surface area contributed by atoms with Crippen molar-refractivity contribution >= 4 is 44.3 Å². The fourth-order valence-electron chi connectivity index (χ4n) is 4.99. The SMILES string of the molecule is C[C@@H](CCCC(=O)Cc1sc2c(c1-c1nc3cnccc3s1)CCNC2)c1cnc2ccccn12.[HH]. The number of imidazole rings is 1. The number of aromatic nitrogens is 4. The minimum Gasteiger partial charge on any atom is -0.312 e. The van der Waals surface area contributed by atoms with Crippen LogP contribution in [0.5, 0.6) is 0 Å². The van der Waals surface area contributed by atoms with E-state index in [9.17, 15) is 4.79 Å². The van der Waals surface area contributed by atoms with Gasteiger partial charge in [-0.1, -0.05) is 13.0 Å². The first-order valence-electron chi connectivity index (χ1n) is 12.2. The van der Waals surface area contributed by atoms with Gasteiger partial charge < -0.3 is 9.72 Å². The van der Waals surface area contributed by atoms with Crippen LogP contribution >= 0.6 is 22.7 Å². The summed E-state index contributed by atoms with van der Waals surface area (Å²) in [7, 11) is 0. The minimum absolute atomic E-state index is 0. The van der Waals surface area contributed by atoms with E-state index >= 15 is 0 Å². The molecule has 6 nitrogen and oxygen atoms in total. The van der Waals surface area contributed by atoms with E-state index in [4.69, 9.17) is 4.98 Å². The van der Waals surface area contributed by atoms with Crippen LogP contribution in [0.2, 0.25) is 0 Å². The van der Waals surface area contributed by atoms with Crippen LogP contribution in [0.3, 0.4) is 0 Å². The number of Topliss-reactive ketones (excluding diaryl/α,β-unsaturated/α-hetero) is 1. The summed E-state index contributed by atoms with van der Waals surface area (Å²) in [6.45, 7) is 4.07.